The van der Waals surface area contributed by atoms with Crippen LogP contribution in [0.25, 0.3) is 11.4 Å². The number of nitrogens with one attached hydrogen (secondary N) is 1. The predicted molar refractivity (Wildman–Crippen MR) is 77.5 cm³/mol. The lowest BCUT2D eigenvalue weighted by molar-refractivity contribution is 0.565. The number of pyridine rings is 1. The van der Waals surface area contributed by atoms with Gasteiger partial charge >= 0.3 is 0 Å². The Morgan fingerprint density at radius 3 is 2.80 bits per heavy atom. The molecule has 0 amide bonds. The van der Waals surface area contributed by atoms with Gasteiger partial charge in [0.05, 0.1) is 11.0 Å². The highest BCUT2D eigenvalue weighted by molar-refractivity contribution is 7.92. The molecule has 0 aliphatic carbocycles. The van der Waals surface area contributed by atoms with Gasteiger partial charge in [0, 0.05) is 24.5 Å². The van der Waals surface area contributed by atoms with Crippen molar-refractivity contribution in [1.29, 1.82) is 0 Å². The molecule has 1 aliphatic rings. The molecule has 20 heavy (non-hydrogen) atoms. The highest BCUT2D eigenvalue weighted by Gasteiger charge is 2.32. The van der Waals surface area contributed by atoms with E-state index in [1.54, 1.807) is 17.0 Å². The van der Waals surface area contributed by atoms with E-state index in [9.17, 15) is 8.42 Å². The van der Waals surface area contributed by atoms with E-state index in [4.69, 9.17) is 12.2 Å². The molecule has 0 saturated carbocycles. The number of aromatic nitrogens is 4. The average molecular weight is 310 g/mol. The van der Waals surface area contributed by atoms with Crippen molar-refractivity contribution in [3.8, 4) is 11.4 Å². The minimum absolute atomic E-state index is 0.271. The smallest absolute Gasteiger partial charge is 0.195 e. The summed E-state index contributed by atoms with van der Waals surface area (Å²) in [5.41, 5.74) is 0.864. The number of aromatic amines is 1. The Kier molecular flexibility index (Phi) is 3.43. The fourth-order valence-electron chi connectivity index (χ4n) is 2.48. The summed E-state index contributed by atoms with van der Waals surface area (Å²) in [4.78, 5) is 3.96. The molecule has 0 spiro atoms. The van der Waals surface area contributed by atoms with Gasteiger partial charge in [-0.3, -0.25) is 14.6 Å². The topological polar surface area (TPSA) is 80.6 Å². The summed E-state index contributed by atoms with van der Waals surface area (Å²) in [6.45, 7) is 0.356. The Balaban J connectivity index is 1.99. The molecule has 6 nitrogen and oxygen atoms in total. The van der Waals surface area contributed by atoms with Gasteiger partial charge < -0.3 is 0 Å². The third kappa shape index (κ3) is 2.40. The number of hydrogen-bond acceptors (Lipinski definition) is 5. The van der Waals surface area contributed by atoms with Gasteiger partial charge in [0.15, 0.2) is 20.4 Å². The van der Waals surface area contributed by atoms with Crippen LogP contribution >= 0.6 is 12.2 Å². The van der Waals surface area contributed by atoms with Gasteiger partial charge in [-0.25, -0.2) is 8.42 Å². The molecule has 8 heteroatoms. The van der Waals surface area contributed by atoms with Crippen molar-refractivity contribution < 1.29 is 8.42 Å². The number of rotatable bonds is 3. The van der Waals surface area contributed by atoms with Gasteiger partial charge in [0.2, 0.25) is 0 Å². The zero-order valence-corrected chi connectivity index (χ0v) is 12.3. The first-order valence-corrected chi connectivity index (χ1v) is 8.47. The first-order chi connectivity index (χ1) is 9.58. The minimum atomic E-state index is -3.00. The van der Waals surface area contributed by atoms with E-state index in [0.717, 1.165) is 12.0 Å². The molecule has 0 bridgehead atoms. The van der Waals surface area contributed by atoms with Crippen LogP contribution in [0.3, 0.4) is 0 Å². The van der Waals surface area contributed by atoms with Crippen molar-refractivity contribution >= 4 is 22.1 Å². The fraction of sp³-hybridized carbons (Fsp3) is 0.417. The quantitative estimate of drug-likeness (QED) is 0.871. The number of hydrogen-bond donors (Lipinski definition) is 1. The van der Waals surface area contributed by atoms with Crippen LogP contribution < -0.4 is 0 Å². The molecule has 1 fully saturated rings. The summed E-state index contributed by atoms with van der Waals surface area (Å²) in [6.07, 6.45) is 4.75. The van der Waals surface area contributed by atoms with E-state index in [2.05, 4.69) is 15.2 Å². The number of nitrogens with zero attached hydrogens (tertiary/aromatic N) is 3. The fourth-order valence-corrected chi connectivity index (χ4v) is 4.49. The molecule has 2 aromatic rings. The molecule has 0 aromatic carbocycles. The van der Waals surface area contributed by atoms with Crippen molar-refractivity contribution in [2.75, 3.05) is 5.75 Å². The van der Waals surface area contributed by atoms with Crippen LogP contribution in [0, 0.1) is 4.77 Å². The van der Waals surface area contributed by atoms with Crippen molar-refractivity contribution in [1.82, 2.24) is 19.7 Å². The zero-order valence-electron chi connectivity index (χ0n) is 10.7. The second kappa shape index (κ2) is 5.10. The van der Waals surface area contributed by atoms with Gasteiger partial charge in [0.25, 0.3) is 0 Å². The van der Waals surface area contributed by atoms with Crippen LogP contribution in [0.2, 0.25) is 0 Å². The first-order valence-electron chi connectivity index (χ1n) is 6.35. The maximum atomic E-state index is 12.0. The molecule has 1 atom stereocenters. The van der Waals surface area contributed by atoms with E-state index in [1.807, 2.05) is 12.1 Å². The van der Waals surface area contributed by atoms with E-state index in [-0.39, 0.29) is 11.0 Å². The largest absolute Gasteiger partial charge is 0.299 e. The maximum absolute atomic E-state index is 12.0. The molecule has 1 aliphatic heterocycles. The molecule has 106 valence electrons. The van der Waals surface area contributed by atoms with Crippen LogP contribution in [0.1, 0.15) is 12.8 Å². The molecule has 3 rings (SSSR count). The molecule has 0 radical (unpaired) electrons. The average Bonchev–Trinajstić information content (AvgIpc) is 2.96. The van der Waals surface area contributed by atoms with Crippen molar-refractivity contribution in [2.45, 2.75) is 24.6 Å². The minimum Gasteiger partial charge on any atom is -0.299 e. The first kappa shape index (κ1) is 13.4. The summed E-state index contributed by atoms with van der Waals surface area (Å²) in [5.74, 6) is 0.924. The van der Waals surface area contributed by atoms with Crippen LogP contribution in [0.4, 0.5) is 0 Å². The highest BCUT2D eigenvalue weighted by atomic mass is 32.2. The summed E-state index contributed by atoms with van der Waals surface area (Å²) in [6, 6.07) is 3.65. The summed E-state index contributed by atoms with van der Waals surface area (Å²) in [7, 11) is -3.00. The van der Waals surface area contributed by atoms with E-state index in [0.29, 0.717) is 23.6 Å². The third-order valence-electron chi connectivity index (χ3n) is 3.55. The summed E-state index contributed by atoms with van der Waals surface area (Å²) < 4.78 is 26.1. The summed E-state index contributed by atoms with van der Waals surface area (Å²) in [5, 5.41) is 6.57. The Labute approximate surface area is 121 Å². The second-order valence-corrected chi connectivity index (χ2v) is 7.62. The lowest BCUT2D eigenvalue weighted by Gasteiger charge is -2.12. The monoisotopic (exact) mass is 310 g/mol. The Bertz CT molecular complexity index is 764. The van der Waals surface area contributed by atoms with Gasteiger partial charge in [-0.2, -0.15) is 5.10 Å². The van der Waals surface area contributed by atoms with Crippen LogP contribution in [0.15, 0.2) is 24.5 Å². The predicted octanol–water partition coefficient (Wildman–Crippen LogP) is 1.58. The van der Waals surface area contributed by atoms with Gasteiger partial charge in [0.1, 0.15) is 0 Å². The zero-order chi connectivity index (χ0) is 14.2. The third-order valence-corrected chi connectivity index (χ3v) is 6.12. The lowest BCUT2D eigenvalue weighted by atomic mass is 10.2. The van der Waals surface area contributed by atoms with E-state index in [1.165, 1.54) is 0 Å². The standard InChI is InChI=1S/C12H14N4O2S2/c17-20(18)7-1-2-10(20)8-16-11(14-15-12(16)19)9-3-5-13-6-4-9/h3-6,10H,1-2,7-8H2,(H,15,19). The summed E-state index contributed by atoms with van der Waals surface area (Å²) >= 11 is 5.22. The molecule has 1 saturated heterocycles. The van der Waals surface area contributed by atoms with E-state index >= 15 is 0 Å². The van der Waals surface area contributed by atoms with Crippen molar-refractivity contribution in [3.63, 3.8) is 0 Å². The molecule has 3 heterocycles. The normalized spacial score (nSPS) is 21.1. The van der Waals surface area contributed by atoms with Crippen molar-refractivity contribution in [3.05, 3.63) is 29.3 Å². The van der Waals surface area contributed by atoms with Crippen LogP contribution in [0.5, 0.6) is 0 Å². The molecule has 2 aromatic heterocycles. The van der Waals surface area contributed by atoms with Gasteiger partial charge in [-0.05, 0) is 37.2 Å². The van der Waals surface area contributed by atoms with Crippen LogP contribution in [-0.4, -0.2) is 39.2 Å². The molecular formula is C12H14N4O2S2. The lowest BCUT2D eigenvalue weighted by Crippen LogP contribution is -2.22. The maximum Gasteiger partial charge on any atom is 0.195 e. The van der Waals surface area contributed by atoms with Crippen LogP contribution in [-0.2, 0) is 16.4 Å². The Morgan fingerprint density at radius 2 is 2.15 bits per heavy atom. The highest BCUT2D eigenvalue weighted by Crippen LogP contribution is 2.24. The SMILES string of the molecule is O=S1(=O)CCCC1Cn1c(-c2ccncc2)n[nH]c1=S. The van der Waals surface area contributed by atoms with Gasteiger partial charge in [-0.15, -0.1) is 0 Å². The molecule has 1 N–H and O–H groups in total. The van der Waals surface area contributed by atoms with E-state index < -0.39 is 9.84 Å². The number of H-pyrrole nitrogens is 1. The van der Waals surface area contributed by atoms with Gasteiger partial charge in [-0.1, -0.05) is 0 Å². The molecular weight excluding hydrogens is 296 g/mol. The number of sulfone groups is 1. The Morgan fingerprint density at radius 1 is 1.40 bits per heavy atom. The second-order valence-electron chi connectivity index (χ2n) is 4.83. The van der Waals surface area contributed by atoms with Crippen molar-refractivity contribution in [2.24, 2.45) is 0 Å². The molecule has 1 unspecified atom stereocenters. The Hall–Kier alpha value is -1.54.